The Hall–Kier alpha value is -2.04. The van der Waals surface area contributed by atoms with Crippen molar-refractivity contribution in [2.24, 2.45) is 5.73 Å². The number of amides is 1. The molecule has 0 bridgehead atoms. The number of nitrogens with zero attached hydrogens (tertiary/aromatic N) is 1. The normalized spacial score (nSPS) is 10.4. The maximum absolute atomic E-state index is 10.4. The van der Waals surface area contributed by atoms with Crippen molar-refractivity contribution in [1.29, 1.82) is 0 Å². The van der Waals surface area contributed by atoms with Gasteiger partial charge in [-0.3, -0.25) is 4.79 Å². The van der Waals surface area contributed by atoms with E-state index in [1.807, 2.05) is 0 Å². The van der Waals surface area contributed by atoms with Gasteiger partial charge in [0.2, 0.25) is 11.8 Å². The van der Waals surface area contributed by atoms with Crippen LogP contribution >= 0.6 is 0 Å². The molecule has 0 aliphatic heterocycles. The number of aromatic nitrogens is 1. The number of primary amides is 1. The molecule has 14 heavy (non-hydrogen) atoms. The molecule has 1 aromatic heterocycles. The van der Waals surface area contributed by atoms with Crippen molar-refractivity contribution < 1.29 is 9.53 Å². The van der Waals surface area contributed by atoms with Gasteiger partial charge in [0.25, 0.3) is 0 Å². The Balaban J connectivity index is 2.91. The largest absolute Gasteiger partial charge is 0.480 e. The molecule has 5 nitrogen and oxygen atoms in total. The van der Waals surface area contributed by atoms with Gasteiger partial charge in [0.15, 0.2) is 0 Å². The molecule has 0 aliphatic carbocycles. The van der Waals surface area contributed by atoms with E-state index in [-0.39, 0.29) is 0 Å². The van der Waals surface area contributed by atoms with E-state index in [1.54, 1.807) is 6.07 Å². The van der Waals surface area contributed by atoms with Gasteiger partial charge in [-0.1, -0.05) is 0 Å². The summed E-state index contributed by atoms with van der Waals surface area (Å²) in [6.45, 7) is 0. The Morgan fingerprint density at radius 3 is 2.86 bits per heavy atom. The average molecular weight is 193 g/mol. The number of methoxy groups -OCH3 is 1. The quantitative estimate of drug-likeness (QED) is 0.669. The van der Waals surface area contributed by atoms with Crippen LogP contribution in [0.4, 0.5) is 5.69 Å². The molecule has 1 rings (SSSR count). The first-order valence-electron chi connectivity index (χ1n) is 3.90. The van der Waals surface area contributed by atoms with Crippen LogP contribution in [0.5, 0.6) is 5.88 Å². The molecule has 0 saturated heterocycles. The van der Waals surface area contributed by atoms with Gasteiger partial charge in [0.05, 0.1) is 12.8 Å². The molecular weight excluding hydrogens is 182 g/mol. The standard InChI is InChI=1S/C9H11N3O2/c1-14-9-7(10)4-6(5-12-9)2-3-8(11)13/h2-5H,10H2,1H3,(H2,11,13). The van der Waals surface area contributed by atoms with Crippen LogP contribution in [0.15, 0.2) is 18.3 Å². The molecule has 0 aromatic carbocycles. The molecule has 0 radical (unpaired) electrons. The van der Waals surface area contributed by atoms with E-state index in [0.717, 1.165) is 0 Å². The van der Waals surface area contributed by atoms with Crippen molar-refractivity contribution in [3.63, 3.8) is 0 Å². The second-order valence-electron chi connectivity index (χ2n) is 2.60. The molecule has 5 heteroatoms. The van der Waals surface area contributed by atoms with E-state index in [9.17, 15) is 4.79 Å². The molecule has 1 heterocycles. The van der Waals surface area contributed by atoms with Crippen LogP contribution in [0.2, 0.25) is 0 Å². The highest BCUT2D eigenvalue weighted by Gasteiger charge is 1.99. The summed E-state index contributed by atoms with van der Waals surface area (Å²) in [4.78, 5) is 14.4. The van der Waals surface area contributed by atoms with Crippen molar-refractivity contribution in [1.82, 2.24) is 4.98 Å². The lowest BCUT2D eigenvalue weighted by atomic mass is 10.2. The SMILES string of the molecule is COc1ncc(C=CC(N)=O)cc1N. The minimum Gasteiger partial charge on any atom is -0.480 e. The van der Waals surface area contributed by atoms with Gasteiger partial charge in [-0.15, -0.1) is 0 Å². The zero-order valence-electron chi connectivity index (χ0n) is 7.73. The van der Waals surface area contributed by atoms with Gasteiger partial charge in [-0.05, 0) is 17.7 Å². The molecule has 0 unspecified atom stereocenters. The monoisotopic (exact) mass is 193 g/mol. The molecule has 74 valence electrons. The molecular formula is C9H11N3O2. The van der Waals surface area contributed by atoms with Gasteiger partial charge < -0.3 is 16.2 Å². The molecule has 0 atom stereocenters. The summed E-state index contributed by atoms with van der Waals surface area (Å²) in [5.41, 5.74) is 11.6. The number of carbonyl (C=O) groups excluding carboxylic acids is 1. The zero-order chi connectivity index (χ0) is 10.6. The molecule has 1 aromatic rings. The van der Waals surface area contributed by atoms with E-state index in [2.05, 4.69) is 4.98 Å². The first-order valence-corrected chi connectivity index (χ1v) is 3.90. The van der Waals surface area contributed by atoms with Crippen LogP contribution < -0.4 is 16.2 Å². The number of carbonyl (C=O) groups is 1. The molecule has 0 fully saturated rings. The summed E-state index contributed by atoms with van der Waals surface area (Å²) in [6.07, 6.45) is 4.31. The van der Waals surface area contributed by atoms with E-state index in [0.29, 0.717) is 17.1 Å². The maximum Gasteiger partial charge on any atom is 0.241 e. The predicted molar refractivity (Wildman–Crippen MR) is 53.4 cm³/mol. The number of nitrogens with two attached hydrogens (primary N) is 2. The average Bonchev–Trinajstić information content (AvgIpc) is 2.15. The summed E-state index contributed by atoms with van der Waals surface area (Å²) < 4.78 is 4.87. The Labute approximate surface area is 81.4 Å². The molecule has 0 saturated carbocycles. The lowest BCUT2D eigenvalue weighted by Gasteiger charge is -2.02. The summed E-state index contributed by atoms with van der Waals surface area (Å²) in [5.74, 6) is -0.152. The van der Waals surface area contributed by atoms with Gasteiger partial charge in [-0.25, -0.2) is 4.98 Å². The Morgan fingerprint density at radius 2 is 2.36 bits per heavy atom. The topological polar surface area (TPSA) is 91.2 Å². The first kappa shape index (κ1) is 10.0. The second-order valence-corrected chi connectivity index (χ2v) is 2.60. The van der Waals surface area contributed by atoms with Crippen molar-refractivity contribution in [2.45, 2.75) is 0 Å². The van der Waals surface area contributed by atoms with Gasteiger partial charge in [0.1, 0.15) is 0 Å². The second kappa shape index (κ2) is 4.27. The van der Waals surface area contributed by atoms with Crippen molar-refractivity contribution in [2.75, 3.05) is 12.8 Å². The van der Waals surface area contributed by atoms with Crippen LogP contribution in [0.25, 0.3) is 6.08 Å². The third-order valence-electron chi connectivity index (χ3n) is 1.53. The zero-order valence-corrected chi connectivity index (χ0v) is 7.73. The van der Waals surface area contributed by atoms with Gasteiger partial charge in [0, 0.05) is 12.3 Å². The number of anilines is 1. The van der Waals surface area contributed by atoms with Crippen molar-refractivity contribution in [3.05, 3.63) is 23.9 Å². The van der Waals surface area contributed by atoms with E-state index >= 15 is 0 Å². The van der Waals surface area contributed by atoms with Gasteiger partial charge >= 0.3 is 0 Å². The lowest BCUT2D eigenvalue weighted by molar-refractivity contribution is -0.113. The summed E-state index contributed by atoms with van der Waals surface area (Å²) in [7, 11) is 1.48. The Morgan fingerprint density at radius 1 is 1.64 bits per heavy atom. The highest BCUT2D eigenvalue weighted by molar-refractivity contribution is 5.90. The van der Waals surface area contributed by atoms with Crippen LogP contribution in [-0.2, 0) is 4.79 Å². The fourth-order valence-electron chi connectivity index (χ4n) is 0.926. The fourth-order valence-corrected chi connectivity index (χ4v) is 0.926. The van der Waals surface area contributed by atoms with E-state index < -0.39 is 5.91 Å². The van der Waals surface area contributed by atoms with Crippen LogP contribution in [0, 0.1) is 0 Å². The minimum atomic E-state index is -0.514. The number of hydrogen-bond donors (Lipinski definition) is 2. The van der Waals surface area contributed by atoms with Crippen molar-refractivity contribution in [3.8, 4) is 5.88 Å². The van der Waals surface area contributed by atoms with Crippen LogP contribution in [-0.4, -0.2) is 18.0 Å². The van der Waals surface area contributed by atoms with Gasteiger partial charge in [-0.2, -0.15) is 0 Å². The Kier molecular flexibility index (Phi) is 3.06. The number of hydrogen-bond acceptors (Lipinski definition) is 4. The minimum absolute atomic E-state index is 0.362. The number of nitrogen functional groups attached to an aromatic ring is 1. The summed E-state index contributed by atoms with van der Waals surface area (Å²) >= 11 is 0. The number of pyridine rings is 1. The third-order valence-corrected chi connectivity index (χ3v) is 1.53. The van der Waals surface area contributed by atoms with E-state index in [4.69, 9.17) is 16.2 Å². The molecule has 4 N–H and O–H groups in total. The number of rotatable bonds is 3. The number of ether oxygens (including phenoxy) is 1. The van der Waals surface area contributed by atoms with Crippen molar-refractivity contribution >= 4 is 17.7 Å². The van der Waals surface area contributed by atoms with E-state index in [1.165, 1.54) is 25.5 Å². The Bertz CT molecular complexity index is 374. The third kappa shape index (κ3) is 2.48. The molecule has 0 spiro atoms. The smallest absolute Gasteiger partial charge is 0.241 e. The van der Waals surface area contributed by atoms with Crippen LogP contribution in [0.3, 0.4) is 0 Å². The first-order chi connectivity index (χ1) is 6.63. The predicted octanol–water partition coefficient (Wildman–Crippen LogP) is 0.171. The molecule has 1 amide bonds. The maximum atomic E-state index is 10.4. The summed E-state index contributed by atoms with van der Waals surface area (Å²) in [6, 6.07) is 1.64. The highest BCUT2D eigenvalue weighted by atomic mass is 16.5. The summed E-state index contributed by atoms with van der Waals surface area (Å²) in [5, 5.41) is 0. The van der Waals surface area contributed by atoms with Crippen LogP contribution in [0.1, 0.15) is 5.56 Å². The molecule has 0 aliphatic rings. The highest BCUT2D eigenvalue weighted by Crippen LogP contribution is 2.18. The lowest BCUT2D eigenvalue weighted by Crippen LogP contribution is -2.05. The fraction of sp³-hybridized carbons (Fsp3) is 0.111.